The molecule has 0 saturated carbocycles. The molecule has 1 N–H and O–H groups in total. The number of rotatable bonds is 4. The van der Waals surface area contributed by atoms with Crippen molar-refractivity contribution in [2.24, 2.45) is 0 Å². The van der Waals surface area contributed by atoms with Gasteiger partial charge >= 0.3 is 0 Å². The zero-order chi connectivity index (χ0) is 15.6. The third kappa shape index (κ3) is 3.28. The van der Waals surface area contributed by atoms with Crippen LogP contribution in [0.4, 0.5) is 28.9 Å². The van der Waals surface area contributed by atoms with Gasteiger partial charge in [0.25, 0.3) is 5.69 Å². The average molecular weight is 300 g/mol. The minimum atomic E-state index is -1.61. The largest absolute Gasteiger partial charge is 0.381 e. The summed E-state index contributed by atoms with van der Waals surface area (Å²) in [5, 5.41) is 13.3. The van der Waals surface area contributed by atoms with Crippen molar-refractivity contribution in [1.29, 1.82) is 0 Å². The van der Waals surface area contributed by atoms with E-state index in [4.69, 9.17) is 0 Å². The summed E-state index contributed by atoms with van der Waals surface area (Å²) in [6.07, 6.45) is 0. The lowest BCUT2D eigenvalue weighted by Crippen LogP contribution is -2.05. The number of halogens is 4. The second-order valence-electron chi connectivity index (χ2n) is 4.14. The predicted molar refractivity (Wildman–Crippen MR) is 66.7 cm³/mol. The fourth-order valence-electron chi connectivity index (χ4n) is 1.73. The summed E-state index contributed by atoms with van der Waals surface area (Å²) in [7, 11) is 0. The summed E-state index contributed by atoms with van der Waals surface area (Å²) in [5.41, 5.74) is -0.470. The van der Waals surface area contributed by atoms with Crippen LogP contribution < -0.4 is 5.32 Å². The van der Waals surface area contributed by atoms with Gasteiger partial charge in [-0.3, -0.25) is 10.1 Å². The summed E-state index contributed by atoms with van der Waals surface area (Å²) in [5.74, 6) is -5.09. The molecule has 0 spiro atoms. The van der Waals surface area contributed by atoms with Crippen molar-refractivity contribution in [1.82, 2.24) is 0 Å². The normalized spacial score (nSPS) is 10.5. The highest BCUT2D eigenvalue weighted by molar-refractivity contribution is 5.48. The monoisotopic (exact) mass is 300 g/mol. The number of nitro groups is 1. The van der Waals surface area contributed by atoms with Crippen molar-refractivity contribution in [2.45, 2.75) is 6.54 Å². The van der Waals surface area contributed by atoms with Gasteiger partial charge in [-0.05, 0) is 12.1 Å². The van der Waals surface area contributed by atoms with E-state index in [-0.39, 0.29) is 23.5 Å². The van der Waals surface area contributed by atoms with Gasteiger partial charge in [-0.2, -0.15) is 0 Å². The standard InChI is InChI=1S/C13H8F4N2O2/c14-8-1-2-12(19(20)21)7(3-8)6-18-9-4-10(15)13(17)11(16)5-9/h1-5,18H,6H2. The molecule has 0 bridgehead atoms. The summed E-state index contributed by atoms with van der Waals surface area (Å²) in [6.45, 7) is -0.251. The van der Waals surface area contributed by atoms with Gasteiger partial charge in [-0.25, -0.2) is 17.6 Å². The van der Waals surface area contributed by atoms with E-state index < -0.39 is 28.2 Å². The molecule has 0 aliphatic heterocycles. The Morgan fingerprint density at radius 2 is 1.67 bits per heavy atom. The van der Waals surface area contributed by atoms with Crippen molar-refractivity contribution in [3.63, 3.8) is 0 Å². The fraction of sp³-hybridized carbons (Fsp3) is 0.0769. The molecule has 2 aromatic rings. The van der Waals surface area contributed by atoms with Crippen molar-refractivity contribution in [3.05, 3.63) is 69.3 Å². The summed E-state index contributed by atoms with van der Waals surface area (Å²) in [6, 6.07) is 4.24. The molecular weight excluding hydrogens is 292 g/mol. The maximum Gasteiger partial charge on any atom is 0.274 e. The smallest absolute Gasteiger partial charge is 0.274 e. The van der Waals surface area contributed by atoms with Crippen LogP contribution in [0.15, 0.2) is 30.3 Å². The minimum Gasteiger partial charge on any atom is -0.381 e. The molecule has 21 heavy (non-hydrogen) atoms. The first kappa shape index (κ1) is 14.8. The lowest BCUT2D eigenvalue weighted by Gasteiger charge is -2.08. The van der Waals surface area contributed by atoms with E-state index in [2.05, 4.69) is 5.32 Å². The van der Waals surface area contributed by atoms with E-state index in [1.807, 2.05) is 0 Å². The molecule has 0 amide bonds. The predicted octanol–water partition coefficient (Wildman–Crippen LogP) is 3.76. The van der Waals surface area contributed by atoms with Crippen molar-refractivity contribution >= 4 is 11.4 Å². The molecule has 0 radical (unpaired) electrons. The summed E-state index contributed by atoms with van der Waals surface area (Å²) < 4.78 is 51.9. The first-order valence-corrected chi connectivity index (χ1v) is 5.69. The molecule has 110 valence electrons. The highest BCUT2D eigenvalue weighted by Gasteiger charge is 2.15. The van der Waals surface area contributed by atoms with Crippen LogP contribution in [-0.2, 0) is 6.54 Å². The number of hydrogen-bond acceptors (Lipinski definition) is 3. The molecular formula is C13H8F4N2O2. The van der Waals surface area contributed by atoms with E-state index in [1.165, 1.54) is 0 Å². The Bertz CT molecular complexity index is 684. The third-order valence-corrected chi connectivity index (χ3v) is 2.71. The molecule has 0 fully saturated rings. The van der Waals surface area contributed by atoms with Crippen molar-refractivity contribution in [2.75, 3.05) is 5.32 Å². The first-order chi connectivity index (χ1) is 9.88. The van der Waals surface area contributed by atoms with Gasteiger partial charge in [0, 0.05) is 30.4 Å². The van der Waals surface area contributed by atoms with Gasteiger partial charge in [-0.15, -0.1) is 0 Å². The van der Waals surface area contributed by atoms with E-state index in [9.17, 15) is 27.7 Å². The van der Waals surface area contributed by atoms with E-state index in [0.717, 1.165) is 18.2 Å². The van der Waals surface area contributed by atoms with Crippen LogP contribution in [-0.4, -0.2) is 4.92 Å². The SMILES string of the molecule is O=[N+]([O-])c1ccc(F)cc1CNc1cc(F)c(F)c(F)c1. The molecule has 4 nitrogen and oxygen atoms in total. The van der Waals surface area contributed by atoms with Crippen LogP contribution in [0, 0.1) is 33.4 Å². The Balaban J connectivity index is 2.24. The second-order valence-corrected chi connectivity index (χ2v) is 4.14. The molecule has 2 aromatic carbocycles. The molecule has 0 aromatic heterocycles. The summed E-state index contributed by atoms with van der Waals surface area (Å²) >= 11 is 0. The number of nitrogens with zero attached hydrogens (tertiary/aromatic N) is 1. The molecule has 2 rings (SSSR count). The topological polar surface area (TPSA) is 55.2 Å². The number of benzene rings is 2. The number of hydrogen-bond donors (Lipinski definition) is 1. The Morgan fingerprint density at radius 1 is 1.05 bits per heavy atom. The van der Waals surface area contributed by atoms with Crippen LogP contribution in [0.2, 0.25) is 0 Å². The zero-order valence-corrected chi connectivity index (χ0v) is 10.4. The third-order valence-electron chi connectivity index (χ3n) is 2.71. The van der Waals surface area contributed by atoms with E-state index >= 15 is 0 Å². The van der Waals surface area contributed by atoms with Gasteiger partial charge in [0.1, 0.15) is 5.82 Å². The van der Waals surface area contributed by atoms with Gasteiger partial charge < -0.3 is 5.32 Å². The van der Waals surface area contributed by atoms with E-state index in [1.54, 1.807) is 0 Å². The quantitative estimate of drug-likeness (QED) is 0.405. The highest BCUT2D eigenvalue weighted by atomic mass is 19.2. The maximum absolute atomic E-state index is 13.1. The van der Waals surface area contributed by atoms with Crippen LogP contribution in [0.3, 0.4) is 0 Å². The first-order valence-electron chi connectivity index (χ1n) is 5.69. The van der Waals surface area contributed by atoms with Crippen molar-refractivity contribution in [3.8, 4) is 0 Å². The number of nitrogens with one attached hydrogen (secondary N) is 1. The Morgan fingerprint density at radius 3 is 2.24 bits per heavy atom. The molecule has 0 atom stereocenters. The molecule has 0 aliphatic rings. The summed E-state index contributed by atoms with van der Waals surface area (Å²) in [4.78, 5) is 10.1. The van der Waals surface area contributed by atoms with Gasteiger partial charge in [0.15, 0.2) is 17.5 Å². The fourth-order valence-corrected chi connectivity index (χ4v) is 1.73. The maximum atomic E-state index is 13.1. The Labute approximate surface area is 116 Å². The van der Waals surface area contributed by atoms with Crippen molar-refractivity contribution < 1.29 is 22.5 Å². The van der Waals surface area contributed by atoms with Crippen LogP contribution in [0.1, 0.15) is 5.56 Å². The van der Waals surface area contributed by atoms with Crippen LogP contribution in [0.5, 0.6) is 0 Å². The Hall–Kier alpha value is -2.64. The lowest BCUT2D eigenvalue weighted by atomic mass is 10.1. The average Bonchev–Trinajstić information content (AvgIpc) is 2.42. The van der Waals surface area contributed by atoms with E-state index in [0.29, 0.717) is 12.1 Å². The molecule has 0 aliphatic carbocycles. The number of anilines is 1. The molecule has 0 heterocycles. The Kier molecular flexibility index (Phi) is 4.06. The highest BCUT2D eigenvalue weighted by Crippen LogP contribution is 2.22. The zero-order valence-electron chi connectivity index (χ0n) is 10.4. The molecule has 0 saturated heterocycles. The molecule has 0 unspecified atom stereocenters. The molecule has 8 heteroatoms. The van der Waals surface area contributed by atoms with Gasteiger partial charge in [0.2, 0.25) is 0 Å². The van der Waals surface area contributed by atoms with Gasteiger partial charge in [-0.1, -0.05) is 0 Å². The van der Waals surface area contributed by atoms with Gasteiger partial charge in [0.05, 0.1) is 10.5 Å². The van der Waals surface area contributed by atoms with Crippen LogP contribution >= 0.6 is 0 Å². The number of nitro benzene ring substituents is 1. The second kappa shape index (κ2) is 5.78. The van der Waals surface area contributed by atoms with Crippen LogP contribution in [0.25, 0.3) is 0 Å². The lowest BCUT2D eigenvalue weighted by molar-refractivity contribution is -0.385. The minimum absolute atomic E-state index is 0.00913.